The Hall–Kier alpha value is -4.46. The summed E-state index contributed by atoms with van der Waals surface area (Å²) in [7, 11) is 0. The second-order valence-corrected chi connectivity index (χ2v) is 9.51. The Morgan fingerprint density at radius 1 is 0.972 bits per heavy atom. The first-order chi connectivity index (χ1) is 17.7. The molecule has 0 saturated heterocycles. The van der Waals surface area contributed by atoms with E-state index in [2.05, 4.69) is 49.4 Å². The van der Waals surface area contributed by atoms with Gasteiger partial charge in [0.05, 0.1) is 18.3 Å². The molecule has 0 spiro atoms. The summed E-state index contributed by atoms with van der Waals surface area (Å²) < 4.78 is 4.20. The highest BCUT2D eigenvalue weighted by molar-refractivity contribution is 5.90. The summed E-state index contributed by atoms with van der Waals surface area (Å²) in [6.45, 7) is 0.572. The molecule has 1 aliphatic carbocycles. The molecule has 1 fully saturated rings. The number of hydrogen-bond acceptors (Lipinski definition) is 6. The summed E-state index contributed by atoms with van der Waals surface area (Å²) in [4.78, 5) is 9.11. The maximum absolute atomic E-state index is 8.80. The minimum Gasteiger partial charge on any atom is -0.351 e. The molecule has 8 nitrogen and oxygen atoms in total. The number of fused-ring (bicyclic) bond motifs is 5. The van der Waals surface area contributed by atoms with Crippen LogP contribution < -0.4 is 16.1 Å². The summed E-state index contributed by atoms with van der Waals surface area (Å²) in [6, 6.07) is 25.1. The van der Waals surface area contributed by atoms with E-state index in [1.165, 1.54) is 6.42 Å². The number of benzene rings is 2. The van der Waals surface area contributed by atoms with E-state index in [9.17, 15) is 0 Å². The predicted octanol–water partition coefficient (Wildman–Crippen LogP) is 5.09. The fraction of sp³-hybridized carbons (Fsp3) is 0.214. The van der Waals surface area contributed by atoms with Gasteiger partial charge in [0.1, 0.15) is 11.2 Å². The topological polar surface area (TPSA) is 96.4 Å². The van der Waals surface area contributed by atoms with Crippen LogP contribution in [0.15, 0.2) is 79.0 Å². The molecule has 178 valence electrons. The lowest BCUT2D eigenvalue weighted by atomic mass is 10.1. The first-order valence-corrected chi connectivity index (χ1v) is 12.4. The molecule has 0 radical (unpaired) electrons. The fourth-order valence-corrected chi connectivity index (χ4v) is 5.54. The molecule has 1 aliphatic heterocycles. The second kappa shape index (κ2) is 8.34. The van der Waals surface area contributed by atoms with Crippen molar-refractivity contribution in [1.82, 2.24) is 24.3 Å². The van der Waals surface area contributed by atoms with Gasteiger partial charge < -0.3 is 10.6 Å². The van der Waals surface area contributed by atoms with Crippen molar-refractivity contribution in [1.29, 1.82) is 5.41 Å². The lowest BCUT2D eigenvalue weighted by Crippen LogP contribution is -2.15. The normalized spacial score (nSPS) is 18.1. The van der Waals surface area contributed by atoms with Gasteiger partial charge in [-0.1, -0.05) is 48.5 Å². The first kappa shape index (κ1) is 20.9. The van der Waals surface area contributed by atoms with Crippen LogP contribution in [-0.4, -0.2) is 30.4 Å². The van der Waals surface area contributed by atoms with Crippen LogP contribution in [0.3, 0.4) is 0 Å². The van der Waals surface area contributed by atoms with E-state index in [0.717, 1.165) is 58.1 Å². The van der Waals surface area contributed by atoms with Crippen LogP contribution in [0.1, 0.15) is 30.9 Å². The molecular formula is C28H26N8. The minimum atomic E-state index is 0.235. The molecule has 0 bridgehead atoms. The Morgan fingerprint density at radius 3 is 2.61 bits per heavy atom. The molecule has 2 aromatic carbocycles. The number of aromatic nitrogens is 5. The van der Waals surface area contributed by atoms with Crippen molar-refractivity contribution in [2.45, 2.75) is 37.9 Å². The zero-order valence-electron chi connectivity index (χ0n) is 19.7. The SMILES string of the molecule is N=c1nc2n(c3nn(Cc4ccc(-c5ccccn5)cc4)c(Nc4ccccc4)c13)[C@H]1CCC[C@H]1N2. The van der Waals surface area contributed by atoms with Gasteiger partial charge >= 0.3 is 0 Å². The van der Waals surface area contributed by atoms with E-state index < -0.39 is 0 Å². The maximum atomic E-state index is 8.80. The highest BCUT2D eigenvalue weighted by Crippen LogP contribution is 2.41. The van der Waals surface area contributed by atoms with Gasteiger partial charge in [0.15, 0.2) is 11.1 Å². The van der Waals surface area contributed by atoms with E-state index in [1.807, 2.05) is 59.4 Å². The van der Waals surface area contributed by atoms with Crippen molar-refractivity contribution in [3.05, 3.63) is 90.0 Å². The number of pyridine rings is 1. The summed E-state index contributed by atoms with van der Waals surface area (Å²) >= 11 is 0. The highest BCUT2D eigenvalue weighted by Gasteiger charge is 2.38. The number of nitrogens with one attached hydrogen (secondary N) is 3. The number of hydrogen-bond donors (Lipinski definition) is 3. The third-order valence-corrected chi connectivity index (χ3v) is 7.25. The predicted molar refractivity (Wildman–Crippen MR) is 140 cm³/mol. The molecule has 2 atom stereocenters. The standard InChI is InChI=1S/C28H26N8/c29-25-24-26(31-20-7-2-1-3-8-20)35(17-18-12-14-19(15-13-18)21-9-4-5-16-30-21)34-27(24)36-23-11-6-10-22(23)32-28(36)33-25/h1-5,7-9,12-16,22-23,31H,6,10-11,17H2,(H2,29,32,33)/t22-,23+/m1/s1. The number of rotatable bonds is 5. The molecule has 0 amide bonds. The Bertz CT molecular complexity index is 1600. The number of nitrogens with zero attached hydrogens (tertiary/aromatic N) is 5. The summed E-state index contributed by atoms with van der Waals surface area (Å²) in [5, 5.41) is 21.7. The van der Waals surface area contributed by atoms with Crippen molar-refractivity contribution < 1.29 is 0 Å². The van der Waals surface area contributed by atoms with Gasteiger partial charge in [-0.3, -0.25) is 15.0 Å². The first-order valence-electron chi connectivity index (χ1n) is 12.4. The Morgan fingerprint density at radius 2 is 1.81 bits per heavy atom. The zero-order chi connectivity index (χ0) is 24.1. The smallest absolute Gasteiger partial charge is 0.207 e. The average Bonchev–Trinajstić information content (AvgIpc) is 3.59. The molecular weight excluding hydrogens is 448 g/mol. The van der Waals surface area contributed by atoms with Crippen molar-refractivity contribution in [2.24, 2.45) is 0 Å². The Balaban J connectivity index is 1.33. The highest BCUT2D eigenvalue weighted by atomic mass is 15.4. The third kappa shape index (κ3) is 3.45. The summed E-state index contributed by atoms with van der Waals surface area (Å²) in [5.41, 5.74) is 5.16. The van der Waals surface area contributed by atoms with Crippen LogP contribution >= 0.6 is 0 Å². The van der Waals surface area contributed by atoms with Gasteiger partial charge in [-0.15, -0.1) is 0 Å². The Labute approximate surface area is 208 Å². The van der Waals surface area contributed by atoms with E-state index in [1.54, 1.807) is 0 Å². The maximum Gasteiger partial charge on any atom is 0.207 e. The van der Waals surface area contributed by atoms with Gasteiger partial charge in [0.2, 0.25) is 5.95 Å². The van der Waals surface area contributed by atoms with Gasteiger partial charge in [0.25, 0.3) is 0 Å². The van der Waals surface area contributed by atoms with Gasteiger partial charge in [-0.25, -0.2) is 4.68 Å². The van der Waals surface area contributed by atoms with Crippen molar-refractivity contribution in [2.75, 3.05) is 10.6 Å². The van der Waals surface area contributed by atoms with Crippen LogP contribution in [0, 0.1) is 5.41 Å². The number of anilines is 3. The van der Waals surface area contributed by atoms with Crippen molar-refractivity contribution in [3.63, 3.8) is 0 Å². The quantitative estimate of drug-likeness (QED) is 0.330. The largest absolute Gasteiger partial charge is 0.351 e. The molecule has 2 aliphatic rings. The molecule has 5 aromatic rings. The molecule has 36 heavy (non-hydrogen) atoms. The van der Waals surface area contributed by atoms with Gasteiger partial charge in [-0.2, -0.15) is 10.1 Å². The second-order valence-electron chi connectivity index (χ2n) is 9.51. The van der Waals surface area contributed by atoms with Crippen molar-refractivity contribution >= 4 is 28.5 Å². The third-order valence-electron chi connectivity index (χ3n) is 7.25. The van der Waals surface area contributed by atoms with Gasteiger partial charge in [0, 0.05) is 23.5 Å². The lowest BCUT2D eigenvalue weighted by molar-refractivity contribution is 0.538. The van der Waals surface area contributed by atoms with Crippen LogP contribution in [-0.2, 0) is 6.54 Å². The summed E-state index contributed by atoms with van der Waals surface area (Å²) in [6.07, 6.45) is 5.23. The molecule has 3 N–H and O–H groups in total. The van der Waals surface area contributed by atoms with E-state index >= 15 is 0 Å². The van der Waals surface area contributed by atoms with E-state index in [-0.39, 0.29) is 5.49 Å². The fourth-order valence-electron chi connectivity index (χ4n) is 5.54. The molecule has 0 unspecified atom stereocenters. The average molecular weight is 475 g/mol. The van der Waals surface area contributed by atoms with Crippen LogP contribution in [0.5, 0.6) is 0 Å². The lowest BCUT2D eigenvalue weighted by Gasteiger charge is -2.12. The van der Waals surface area contributed by atoms with Gasteiger partial charge in [-0.05, 0) is 49.1 Å². The zero-order valence-corrected chi connectivity index (χ0v) is 19.7. The van der Waals surface area contributed by atoms with Crippen LogP contribution in [0.25, 0.3) is 22.3 Å². The molecule has 7 rings (SSSR count). The minimum absolute atomic E-state index is 0.235. The van der Waals surface area contributed by atoms with Crippen LogP contribution in [0.2, 0.25) is 0 Å². The molecule has 3 aromatic heterocycles. The van der Waals surface area contributed by atoms with Crippen LogP contribution in [0.4, 0.5) is 17.5 Å². The van der Waals surface area contributed by atoms with E-state index in [4.69, 9.17) is 10.5 Å². The molecule has 4 heterocycles. The molecule has 1 saturated carbocycles. The monoisotopic (exact) mass is 474 g/mol. The van der Waals surface area contributed by atoms with Crippen molar-refractivity contribution in [3.8, 4) is 11.3 Å². The van der Waals surface area contributed by atoms with E-state index in [0.29, 0.717) is 18.6 Å². The number of para-hydroxylation sites is 1. The molecule has 8 heteroatoms. The summed E-state index contributed by atoms with van der Waals surface area (Å²) in [5.74, 6) is 1.55. The Kier molecular flexibility index (Phi) is 4.83.